The highest BCUT2D eigenvalue weighted by Crippen LogP contribution is 2.44. The number of benzene rings is 1. The molecule has 2 nitrogen and oxygen atoms in total. The van der Waals surface area contributed by atoms with Crippen molar-refractivity contribution in [1.29, 1.82) is 0 Å². The zero-order chi connectivity index (χ0) is 14.4. The van der Waals surface area contributed by atoms with E-state index in [1.165, 1.54) is 0 Å². The zero-order valence-electron chi connectivity index (χ0n) is 12.7. The Morgan fingerprint density at radius 3 is 2.45 bits per heavy atom. The van der Waals surface area contributed by atoms with E-state index in [9.17, 15) is 4.79 Å². The maximum atomic E-state index is 12.4. The molecule has 20 heavy (non-hydrogen) atoms. The Morgan fingerprint density at radius 1 is 1.40 bits per heavy atom. The fourth-order valence-corrected chi connectivity index (χ4v) is 3.49. The van der Waals surface area contributed by atoms with E-state index < -0.39 is 0 Å². The molecule has 112 valence electrons. The highest BCUT2D eigenvalue weighted by Gasteiger charge is 2.34. The van der Waals surface area contributed by atoms with Crippen LogP contribution in [0.25, 0.3) is 0 Å². The third-order valence-electron chi connectivity index (χ3n) is 3.91. The molecule has 4 heteroatoms. The predicted octanol–water partition coefficient (Wildman–Crippen LogP) is 5.10. The number of methoxy groups -OCH3 is 1. The number of rotatable bonds is 2. The van der Waals surface area contributed by atoms with Gasteiger partial charge in [0.05, 0.1) is 11.6 Å². The maximum Gasteiger partial charge on any atom is 0.166 e. The molecule has 0 heterocycles. The summed E-state index contributed by atoms with van der Waals surface area (Å²) in [4.78, 5) is 12.4. The number of carbonyl (C=O) groups excluding carboxylic acids is 1. The van der Waals surface area contributed by atoms with Crippen LogP contribution >= 0.6 is 32.9 Å². The molecule has 0 radical (unpaired) electrons. The Kier molecular flexibility index (Phi) is 5.47. The lowest BCUT2D eigenvalue weighted by Crippen LogP contribution is -2.15. The van der Waals surface area contributed by atoms with E-state index in [-0.39, 0.29) is 34.1 Å². The molecule has 0 spiro atoms. The molecule has 1 aliphatic rings. The number of hydrogen-bond donors (Lipinski definition) is 0. The van der Waals surface area contributed by atoms with E-state index in [2.05, 4.69) is 43.6 Å². The largest absolute Gasteiger partial charge is 0.495 e. The minimum absolute atomic E-state index is 0. The van der Waals surface area contributed by atoms with E-state index in [0.29, 0.717) is 0 Å². The van der Waals surface area contributed by atoms with Crippen LogP contribution in [0.1, 0.15) is 55.6 Å². The van der Waals surface area contributed by atoms with Crippen molar-refractivity contribution in [1.82, 2.24) is 0 Å². The van der Waals surface area contributed by atoms with Crippen molar-refractivity contribution in [2.75, 3.05) is 7.11 Å². The molecule has 0 saturated carbocycles. The monoisotopic (exact) mass is 404 g/mol. The van der Waals surface area contributed by atoms with E-state index in [1.54, 1.807) is 7.11 Å². The number of halogens is 2. The average Bonchev–Trinajstić information content (AvgIpc) is 2.65. The SMILES string of the molecule is Br.CCC1Cc2c(cc(C(C)(C)C)c(OC)c2Br)C1=O. The van der Waals surface area contributed by atoms with E-state index in [0.717, 1.165) is 39.8 Å². The molecule has 1 aromatic carbocycles. The average molecular weight is 406 g/mol. The van der Waals surface area contributed by atoms with Gasteiger partial charge in [-0.15, -0.1) is 17.0 Å². The van der Waals surface area contributed by atoms with E-state index in [4.69, 9.17) is 4.74 Å². The van der Waals surface area contributed by atoms with Crippen LogP contribution in [0.4, 0.5) is 0 Å². The summed E-state index contributed by atoms with van der Waals surface area (Å²) in [6, 6.07) is 2.04. The Bertz CT molecular complexity index is 530. The van der Waals surface area contributed by atoms with Gasteiger partial charge in [-0.1, -0.05) is 27.7 Å². The van der Waals surface area contributed by atoms with Crippen LogP contribution in [0.3, 0.4) is 0 Å². The fourth-order valence-electron chi connectivity index (χ4n) is 2.74. The second kappa shape index (κ2) is 6.18. The van der Waals surface area contributed by atoms with Gasteiger partial charge in [-0.3, -0.25) is 4.79 Å². The van der Waals surface area contributed by atoms with Gasteiger partial charge in [0.25, 0.3) is 0 Å². The summed E-state index contributed by atoms with van der Waals surface area (Å²) in [6.45, 7) is 8.49. The van der Waals surface area contributed by atoms with Crippen LogP contribution in [0.5, 0.6) is 5.75 Å². The third-order valence-corrected chi connectivity index (χ3v) is 4.75. The Morgan fingerprint density at radius 2 is 2.00 bits per heavy atom. The van der Waals surface area contributed by atoms with Gasteiger partial charge in [0, 0.05) is 17.0 Å². The van der Waals surface area contributed by atoms with Crippen molar-refractivity contribution in [2.45, 2.75) is 46.0 Å². The lowest BCUT2D eigenvalue weighted by Gasteiger charge is -2.24. The fraction of sp³-hybridized carbons (Fsp3) is 0.562. The van der Waals surface area contributed by atoms with Crippen LogP contribution in [-0.4, -0.2) is 12.9 Å². The molecule has 0 amide bonds. The molecular formula is C16H22Br2O2. The van der Waals surface area contributed by atoms with Crippen molar-refractivity contribution < 1.29 is 9.53 Å². The second-order valence-corrected chi connectivity index (χ2v) is 7.01. The zero-order valence-corrected chi connectivity index (χ0v) is 16.0. The third kappa shape index (κ3) is 2.82. The lowest BCUT2D eigenvalue weighted by molar-refractivity contribution is 0.0934. The van der Waals surface area contributed by atoms with E-state index >= 15 is 0 Å². The lowest BCUT2D eigenvalue weighted by atomic mass is 9.84. The first-order chi connectivity index (χ1) is 8.81. The number of carbonyl (C=O) groups is 1. The first-order valence-corrected chi connectivity index (χ1v) is 7.54. The van der Waals surface area contributed by atoms with Crippen LogP contribution < -0.4 is 4.74 Å². The number of ether oxygens (including phenoxy) is 1. The standard InChI is InChI=1S/C16H21BrO2.BrH/c1-6-9-7-10-11(14(9)18)8-12(16(2,3)4)15(19-5)13(10)17;/h8-9H,6-7H2,1-5H3;1H. The molecule has 0 aromatic heterocycles. The molecule has 1 aliphatic carbocycles. The molecule has 1 atom stereocenters. The summed E-state index contributed by atoms with van der Waals surface area (Å²) in [5.74, 6) is 1.29. The van der Waals surface area contributed by atoms with Gasteiger partial charge in [-0.05, 0) is 45.8 Å². The quantitative estimate of drug-likeness (QED) is 0.684. The predicted molar refractivity (Wildman–Crippen MR) is 91.5 cm³/mol. The molecule has 0 saturated heterocycles. The topological polar surface area (TPSA) is 26.3 Å². The van der Waals surface area contributed by atoms with Gasteiger partial charge in [0.2, 0.25) is 0 Å². The van der Waals surface area contributed by atoms with Crippen LogP contribution in [0.2, 0.25) is 0 Å². The summed E-state index contributed by atoms with van der Waals surface area (Å²) < 4.78 is 6.53. The van der Waals surface area contributed by atoms with Crippen molar-refractivity contribution in [3.8, 4) is 5.75 Å². The highest BCUT2D eigenvalue weighted by molar-refractivity contribution is 9.10. The summed E-state index contributed by atoms with van der Waals surface area (Å²) in [5, 5.41) is 0. The summed E-state index contributed by atoms with van der Waals surface area (Å²) in [7, 11) is 1.69. The van der Waals surface area contributed by atoms with E-state index in [1.807, 2.05) is 6.07 Å². The Labute approximate surface area is 140 Å². The normalized spacial score (nSPS) is 17.7. The molecule has 1 unspecified atom stereocenters. The van der Waals surface area contributed by atoms with Gasteiger partial charge in [-0.2, -0.15) is 0 Å². The Balaban J connectivity index is 0.00000200. The molecular weight excluding hydrogens is 384 g/mol. The van der Waals surface area contributed by atoms with Gasteiger partial charge in [0.15, 0.2) is 5.78 Å². The maximum absolute atomic E-state index is 12.4. The van der Waals surface area contributed by atoms with Crippen molar-refractivity contribution in [3.63, 3.8) is 0 Å². The van der Waals surface area contributed by atoms with Crippen LogP contribution in [-0.2, 0) is 11.8 Å². The van der Waals surface area contributed by atoms with Crippen LogP contribution in [0, 0.1) is 5.92 Å². The summed E-state index contributed by atoms with van der Waals surface area (Å²) in [5.41, 5.74) is 3.03. The number of ketones is 1. The molecule has 1 aromatic rings. The van der Waals surface area contributed by atoms with Gasteiger partial charge in [-0.25, -0.2) is 0 Å². The first-order valence-electron chi connectivity index (χ1n) is 6.75. The first kappa shape index (κ1) is 17.7. The van der Waals surface area contributed by atoms with Crippen molar-refractivity contribution in [2.24, 2.45) is 5.92 Å². The molecule has 0 aliphatic heterocycles. The minimum atomic E-state index is -0.0481. The number of Topliss-reactive ketones (excluding diaryl/α,β-unsaturated/α-hetero) is 1. The van der Waals surface area contributed by atoms with Crippen molar-refractivity contribution >= 4 is 38.7 Å². The number of hydrogen-bond acceptors (Lipinski definition) is 2. The molecule has 0 N–H and O–H groups in total. The highest BCUT2D eigenvalue weighted by atomic mass is 79.9. The van der Waals surface area contributed by atoms with Gasteiger partial charge in [0.1, 0.15) is 5.75 Å². The second-order valence-electron chi connectivity index (χ2n) is 6.22. The molecule has 0 bridgehead atoms. The number of fused-ring (bicyclic) bond motifs is 1. The minimum Gasteiger partial charge on any atom is -0.495 e. The van der Waals surface area contributed by atoms with Gasteiger partial charge < -0.3 is 4.74 Å². The Hall–Kier alpha value is -0.350. The molecule has 0 fully saturated rings. The van der Waals surface area contributed by atoms with Gasteiger partial charge >= 0.3 is 0 Å². The summed E-state index contributed by atoms with van der Waals surface area (Å²) >= 11 is 3.64. The smallest absolute Gasteiger partial charge is 0.166 e. The summed E-state index contributed by atoms with van der Waals surface area (Å²) in [6.07, 6.45) is 1.72. The van der Waals surface area contributed by atoms with Crippen LogP contribution in [0.15, 0.2) is 10.5 Å². The molecule has 2 rings (SSSR count). The van der Waals surface area contributed by atoms with Crippen molar-refractivity contribution in [3.05, 3.63) is 27.2 Å².